The van der Waals surface area contributed by atoms with E-state index in [1.807, 2.05) is 0 Å². The Bertz CT molecular complexity index is 324. The van der Waals surface area contributed by atoms with Gasteiger partial charge in [-0.1, -0.05) is 19.8 Å². The summed E-state index contributed by atoms with van der Waals surface area (Å²) in [6.07, 6.45) is 7.70. The average molecular weight is 236 g/mol. The molecule has 3 unspecified atom stereocenters. The Balaban J connectivity index is 1.63. The first-order chi connectivity index (χ1) is 8.11. The van der Waals surface area contributed by atoms with Crippen LogP contribution in [-0.4, -0.2) is 29.1 Å². The summed E-state index contributed by atoms with van der Waals surface area (Å²) in [6.45, 7) is 5.47. The third-order valence-corrected chi connectivity index (χ3v) is 4.87. The summed E-state index contributed by atoms with van der Waals surface area (Å²) < 4.78 is 0. The number of carbonyl (C=O) groups excluding carboxylic acids is 1. The number of amides is 1. The maximum Gasteiger partial charge on any atom is 0.244 e. The molecule has 1 aliphatic heterocycles. The molecule has 96 valence electrons. The molecule has 3 fully saturated rings. The predicted octanol–water partition coefficient (Wildman–Crippen LogP) is 2.12. The summed E-state index contributed by atoms with van der Waals surface area (Å²) >= 11 is 0. The van der Waals surface area contributed by atoms with Gasteiger partial charge in [-0.05, 0) is 44.4 Å². The second-order valence-corrected chi connectivity index (χ2v) is 6.50. The fraction of sp³-hybridized carbons (Fsp3) is 0.929. The minimum Gasteiger partial charge on any atom is -0.326 e. The Morgan fingerprint density at radius 2 is 2.12 bits per heavy atom. The van der Waals surface area contributed by atoms with Gasteiger partial charge in [0.25, 0.3) is 0 Å². The minimum atomic E-state index is -0.125. The van der Waals surface area contributed by atoms with Gasteiger partial charge in [-0.2, -0.15) is 0 Å². The normalized spacial score (nSPS) is 40.0. The predicted molar refractivity (Wildman–Crippen MR) is 67.4 cm³/mol. The summed E-state index contributed by atoms with van der Waals surface area (Å²) in [5.74, 6) is 1.97. The summed E-state index contributed by atoms with van der Waals surface area (Å²) in [7, 11) is 0. The van der Waals surface area contributed by atoms with Crippen molar-refractivity contribution in [3.63, 3.8) is 0 Å². The van der Waals surface area contributed by atoms with Crippen LogP contribution in [0, 0.1) is 11.8 Å². The van der Waals surface area contributed by atoms with Crippen molar-refractivity contribution in [2.45, 2.75) is 64.1 Å². The van der Waals surface area contributed by atoms with Gasteiger partial charge in [-0.25, -0.2) is 0 Å². The Labute approximate surface area is 104 Å². The van der Waals surface area contributed by atoms with E-state index in [4.69, 9.17) is 0 Å². The molecule has 1 heterocycles. The van der Waals surface area contributed by atoms with E-state index < -0.39 is 0 Å². The lowest BCUT2D eigenvalue weighted by atomic mass is 9.82. The van der Waals surface area contributed by atoms with Gasteiger partial charge in [0.1, 0.15) is 0 Å². The van der Waals surface area contributed by atoms with Gasteiger partial charge < -0.3 is 4.90 Å². The van der Waals surface area contributed by atoms with Crippen molar-refractivity contribution in [2.75, 3.05) is 6.54 Å². The molecular weight excluding hydrogens is 212 g/mol. The number of nitrogens with zero attached hydrogens (tertiary/aromatic N) is 1. The molecule has 0 radical (unpaired) electrons. The zero-order chi connectivity index (χ0) is 12.0. The van der Waals surface area contributed by atoms with Crippen LogP contribution in [0.15, 0.2) is 0 Å². The number of hydrogen-bond donors (Lipinski definition) is 1. The highest BCUT2D eigenvalue weighted by Gasteiger charge is 2.58. The standard InChI is InChI=1S/C14H24N2O/c1-10-4-3-5-12(8-10)9-16-11(2)15-14(6-7-14)13(16)17/h10-12,15H,3-9H2,1-2H3. The molecule has 1 saturated heterocycles. The number of rotatable bonds is 2. The molecule has 0 bridgehead atoms. The third-order valence-electron chi connectivity index (χ3n) is 4.87. The molecule has 2 aliphatic carbocycles. The Morgan fingerprint density at radius 1 is 1.35 bits per heavy atom. The van der Waals surface area contributed by atoms with Crippen LogP contribution in [-0.2, 0) is 4.79 Å². The van der Waals surface area contributed by atoms with Crippen LogP contribution in [0.5, 0.6) is 0 Å². The van der Waals surface area contributed by atoms with Crippen LogP contribution in [0.1, 0.15) is 52.4 Å². The van der Waals surface area contributed by atoms with Gasteiger partial charge in [0.05, 0.1) is 11.7 Å². The Morgan fingerprint density at radius 3 is 2.71 bits per heavy atom. The first kappa shape index (κ1) is 11.5. The Kier molecular flexibility index (Phi) is 2.69. The Hall–Kier alpha value is -0.570. The summed E-state index contributed by atoms with van der Waals surface area (Å²) in [5.41, 5.74) is -0.125. The monoisotopic (exact) mass is 236 g/mol. The van der Waals surface area contributed by atoms with Crippen LogP contribution >= 0.6 is 0 Å². The minimum absolute atomic E-state index is 0.125. The first-order valence-corrected chi connectivity index (χ1v) is 7.19. The molecule has 0 aromatic rings. The van der Waals surface area contributed by atoms with E-state index in [9.17, 15) is 4.79 Å². The second-order valence-electron chi connectivity index (χ2n) is 6.50. The molecule has 2 saturated carbocycles. The van der Waals surface area contributed by atoms with Crippen molar-refractivity contribution < 1.29 is 4.79 Å². The van der Waals surface area contributed by atoms with E-state index in [2.05, 4.69) is 24.1 Å². The van der Waals surface area contributed by atoms with Crippen molar-refractivity contribution in [3.8, 4) is 0 Å². The number of nitrogens with one attached hydrogen (secondary N) is 1. The van der Waals surface area contributed by atoms with E-state index in [-0.39, 0.29) is 11.7 Å². The molecule has 17 heavy (non-hydrogen) atoms. The SMILES string of the molecule is CC1CCCC(CN2C(=O)C3(CC3)NC2C)C1. The largest absolute Gasteiger partial charge is 0.326 e. The maximum absolute atomic E-state index is 12.3. The van der Waals surface area contributed by atoms with Gasteiger partial charge in [-0.15, -0.1) is 0 Å². The van der Waals surface area contributed by atoms with Gasteiger partial charge in [-0.3, -0.25) is 10.1 Å². The van der Waals surface area contributed by atoms with Crippen molar-refractivity contribution in [2.24, 2.45) is 11.8 Å². The zero-order valence-corrected chi connectivity index (χ0v) is 11.0. The molecule has 0 aromatic carbocycles. The molecule has 3 aliphatic rings. The van der Waals surface area contributed by atoms with Crippen LogP contribution in [0.25, 0.3) is 0 Å². The molecule has 3 rings (SSSR count). The van der Waals surface area contributed by atoms with Crippen molar-refractivity contribution in [1.82, 2.24) is 10.2 Å². The van der Waals surface area contributed by atoms with Crippen LogP contribution in [0.4, 0.5) is 0 Å². The van der Waals surface area contributed by atoms with Crippen LogP contribution in [0.3, 0.4) is 0 Å². The average Bonchev–Trinajstić information content (AvgIpc) is 3.01. The molecule has 1 spiro atoms. The molecule has 3 nitrogen and oxygen atoms in total. The number of hydrogen-bond acceptors (Lipinski definition) is 2. The van der Waals surface area contributed by atoms with E-state index in [1.165, 1.54) is 25.7 Å². The van der Waals surface area contributed by atoms with Gasteiger partial charge in [0, 0.05) is 6.54 Å². The molecule has 3 heteroatoms. The first-order valence-electron chi connectivity index (χ1n) is 7.19. The third kappa shape index (κ3) is 1.99. The summed E-state index contributed by atoms with van der Waals surface area (Å²) in [6, 6.07) is 0. The van der Waals surface area contributed by atoms with Crippen molar-refractivity contribution >= 4 is 5.91 Å². The molecule has 3 atom stereocenters. The van der Waals surface area contributed by atoms with E-state index in [0.717, 1.165) is 31.2 Å². The molecule has 0 aromatic heterocycles. The van der Waals surface area contributed by atoms with Gasteiger partial charge in [0.15, 0.2) is 0 Å². The van der Waals surface area contributed by atoms with Crippen molar-refractivity contribution in [1.29, 1.82) is 0 Å². The van der Waals surface area contributed by atoms with E-state index in [0.29, 0.717) is 5.91 Å². The summed E-state index contributed by atoms with van der Waals surface area (Å²) in [4.78, 5) is 14.4. The maximum atomic E-state index is 12.3. The summed E-state index contributed by atoms with van der Waals surface area (Å²) in [5, 5.41) is 3.48. The molecule has 1 amide bonds. The lowest BCUT2D eigenvalue weighted by Gasteiger charge is -2.31. The van der Waals surface area contributed by atoms with E-state index >= 15 is 0 Å². The lowest BCUT2D eigenvalue weighted by Crippen LogP contribution is -2.39. The highest BCUT2D eigenvalue weighted by Crippen LogP contribution is 2.42. The van der Waals surface area contributed by atoms with Crippen molar-refractivity contribution in [3.05, 3.63) is 0 Å². The fourth-order valence-corrected chi connectivity index (χ4v) is 3.72. The fourth-order valence-electron chi connectivity index (χ4n) is 3.72. The second kappa shape index (κ2) is 3.98. The highest BCUT2D eigenvalue weighted by molar-refractivity contribution is 5.91. The van der Waals surface area contributed by atoms with E-state index in [1.54, 1.807) is 0 Å². The van der Waals surface area contributed by atoms with Crippen LogP contribution in [0.2, 0.25) is 0 Å². The molecular formula is C14H24N2O. The van der Waals surface area contributed by atoms with Gasteiger partial charge >= 0.3 is 0 Å². The quantitative estimate of drug-likeness (QED) is 0.796. The molecule has 1 N–H and O–H groups in total. The lowest BCUT2D eigenvalue weighted by molar-refractivity contribution is -0.131. The topological polar surface area (TPSA) is 32.3 Å². The smallest absolute Gasteiger partial charge is 0.244 e. The zero-order valence-electron chi connectivity index (χ0n) is 11.0. The van der Waals surface area contributed by atoms with Gasteiger partial charge in [0.2, 0.25) is 5.91 Å². The number of carbonyl (C=O) groups is 1. The van der Waals surface area contributed by atoms with Crippen LogP contribution < -0.4 is 5.32 Å². The highest BCUT2D eigenvalue weighted by atomic mass is 16.2.